The number of hydrogen-bond acceptors (Lipinski definition) is 7. The molecule has 5 rings (SSSR count). The second-order valence-corrected chi connectivity index (χ2v) is 11.8. The number of dihydropyridines is 1. The number of halogens is 3. The topological polar surface area (TPSA) is 90.0 Å². The fourth-order valence-electron chi connectivity index (χ4n) is 6.23. The number of rotatable bonds is 9. The molecule has 0 spiro atoms. The van der Waals surface area contributed by atoms with E-state index in [1.165, 1.54) is 12.1 Å². The quantitative estimate of drug-likeness (QED) is 0.428. The summed E-state index contributed by atoms with van der Waals surface area (Å²) in [6, 6.07) is 7.53. The molecule has 1 unspecified atom stereocenters. The summed E-state index contributed by atoms with van der Waals surface area (Å²) in [7, 11) is 2.03. The Hall–Kier alpha value is -3.54. The van der Waals surface area contributed by atoms with Crippen LogP contribution in [0.2, 0.25) is 5.02 Å². The Bertz CT molecular complexity index is 1420. The molecule has 236 valence electrons. The first kappa shape index (κ1) is 31.9. The lowest BCUT2D eigenvalue weighted by atomic mass is 9.97. The van der Waals surface area contributed by atoms with Crippen LogP contribution in [0.15, 0.2) is 66.3 Å². The minimum Gasteiger partial charge on any atom is -0.363 e. The molecule has 4 heterocycles. The van der Waals surface area contributed by atoms with Crippen molar-refractivity contribution >= 4 is 23.4 Å². The van der Waals surface area contributed by atoms with Crippen molar-refractivity contribution in [2.24, 2.45) is 0 Å². The third kappa shape index (κ3) is 6.60. The van der Waals surface area contributed by atoms with Gasteiger partial charge in [-0.3, -0.25) is 14.6 Å². The van der Waals surface area contributed by atoms with E-state index in [4.69, 9.17) is 16.3 Å². The van der Waals surface area contributed by atoms with Crippen LogP contribution in [0.3, 0.4) is 0 Å². The van der Waals surface area contributed by atoms with Gasteiger partial charge in [0.2, 0.25) is 0 Å². The molecule has 2 saturated heterocycles. The molecule has 1 aromatic heterocycles. The molecule has 1 aromatic carbocycles. The van der Waals surface area contributed by atoms with Crippen LogP contribution in [0.5, 0.6) is 0 Å². The van der Waals surface area contributed by atoms with Gasteiger partial charge in [-0.05, 0) is 69.8 Å². The van der Waals surface area contributed by atoms with Crippen LogP contribution in [-0.2, 0) is 15.3 Å². The Balaban J connectivity index is 1.46. The number of benzene rings is 1. The van der Waals surface area contributed by atoms with E-state index in [0.29, 0.717) is 44.1 Å². The Morgan fingerprint density at radius 2 is 2.02 bits per heavy atom. The van der Waals surface area contributed by atoms with Crippen LogP contribution >= 0.6 is 11.6 Å². The number of hydrogen-bond donors (Lipinski definition) is 2. The SMILES string of the molecule is CCOC1(c2cccnc2)C=CC(N2CCN(C(=O)c3ccc(Cl)cc3C(F)F)C[C@H]2CC)=C(C(=O)N[C@@H]2CCN(C)C2)N1. The highest BCUT2D eigenvalue weighted by Gasteiger charge is 2.40. The van der Waals surface area contributed by atoms with E-state index in [0.717, 1.165) is 31.1 Å². The van der Waals surface area contributed by atoms with E-state index in [1.54, 1.807) is 17.3 Å². The van der Waals surface area contributed by atoms with E-state index in [1.807, 2.05) is 45.2 Å². The minimum absolute atomic E-state index is 0.00805. The van der Waals surface area contributed by atoms with Crippen molar-refractivity contribution in [2.75, 3.05) is 46.4 Å². The van der Waals surface area contributed by atoms with Crippen LogP contribution in [0, 0.1) is 0 Å². The number of amides is 2. The maximum absolute atomic E-state index is 14.0. The predicted octanol–water partition coefficient (Wildman–Crippen LogP) is 4.29. The van der Waals surface area contributed by atoms with Gasteiger partial charge in [0.15, 0.2) is 5.72 Å². The number of likely N-dealkylation sites (N-methyl/N-ethyl adjacent to an activating group) is 1. The van der Waals surface area contributed by atoms with Gasteiger partial charge in [0.1, 0.15) is 5.70 Å². The average molecular weight is 629 g/mol. The van der Waals surface area contributed by atoms with Crippen molar-refractivity contribution in [1.29, 1.82) is 0 Å². The molecule has 0 bridgehead atoms. The Morgan fingerprint density at radius 1 is 1.20 bits per heavy atom. The monoisotopic (exact) mass is 628 g/mol. The number of allylic oxidation sites excluding steroid dienone is 1. The molecule has 3 aliphatic rings. The number of piperazine rings is 1. The number of alkyl halides is 2. The normalized spacial score (nSPS) is 24.2. The van der Waals surface area contributed by atoms with Gasteiger partial charge in [-0.25, -0.2) is 8.78 Å². The third-order valence-corrected chi connectivity index (χ3v) is 8.72. The lowest BCUT2D eigenvalue weighted by Crippen LogP contribution is -2.57. The van der Waals surface area contributed by atoms with Gasteiger partial charge >= 0.3 is 0 Å². The van der Waals surface area contributed by atoms with Crippen LogP contribution < -0.4 is 10.6 Å². The van der Waals surface area contributed by atoms with Gasteiger partial charge in [0, 0.05) is 79.0 Å². The highest BCUT2D eigenvalue weighted by atomic mass is 35.5. The molecule has 44 heavy (non-hydrogen) atoms. The number of nitrogens with zero attached hydrogens (tertiary/aromatic N) is 4. The van der Waals surface area contributed by atoms with Crippen molar-refractivity contribution in [1.82, 2.24) is 30.3 Å². The molecule has 12 heteroatoms. The summed E-state index contributed by atoms with van der Waals surface area (Å²) in [6.07, 6.45) is 5.88. The minimum atomic E-state index is -2.83. The summed E-state index contributed by atoms with van der Waals surface area (Å²) in [5.41, 5.74) is 0.279. The van der Waals surface area contributed by atoms with Crippen molar-refractivity contribution in [3.05, 3.63) is 88.0 Å². The molecule has 2 N–H and O–H groups in total. The fraction of sp³-hybridized carbons (Fsp3) is 0.469. The summed E-state index contributed by atoms with van der Waals surface area (Å²) >= 11 is 5.95. The van der Waals surface area contributed by atoms with E-state index < -0.39 is 18.1 Å². The number of carbonyl (C=O) groups is 2. The smallest absolute Gasteiger partial charge is 0.269 e. The summed E-state index contributed by atoms with van der Waals surface area (Å²) < 4.78 is 33.8. The number of nitrogens with one attached hydrogen (secondary N) is 2. The van der Waals surface area contributed by atoms with Crippen LogP contribution in [-0.4, -0.2) is 90.0 Å². The Labute approximate surface area is 261 Å². The van der Waals surface area contributed by atoms with Crippen LogP contribution in [0.4, 0.5) is 8.78 Å². The van der Waals surface area contributed by atoms with Crippen LogP contribution in [0.1, 0.15) is 54.6 Å². The van der Waals surface area contributed by atoms with Gasteiger partial charge in [-0.1, -0.05) is 24.6 Å². The van der Waals surface area contributed by atoms with Gasteiger partial charge in [-0.15, -0.1) is 0 Å². The largest absolute Gasteiger partial charge is 0.363 e. The summed E-state index contributed by atoms with van der Waals surface area (Å²) in [6.45, 7) is 6.94. The van der Waals surface area contributed by atoms with Crippen molar-refractivity contribution < 1.29 is 23.1 Å². The predicted molar refractivity (Wildman–Crippen MR) is 164 cm³/mol. The molecule has 2 amide bonds. The summed E-state index contributed by atoms with van der Waals surface area (Å²) in [4.78, 5) is 37.7. The number of aromatic nitrogens is 1. The Kier molecular flexibility index (Phi) is 9.87. The molecule has 3 atom stereocenters. The first-order valence-corrected chi connectivity index (χ1v) is 15.4. The van der Waals surface area contributed by atoms with Gasteiger partial charge < -0.3 is 30.1 Å². The number of likely N-dealkylation sites (tertiary alicyclic amines) is 1. The molecule has 9 nitrogen and oxygen atoms in total. The van der Waals surface area contributed by atoms with E-state index in [2.05, 4.69) is 25.4 Å². The number of carbonyl (C=O) groups excluding carboxylic acids is 2. The van der Waals surface area contributed by atoms with Crippen LogP contribution in [0.25, 0.3) is 0 Å². The zero-order chi connectivity index (χ0) is 31.4. The number of ether oxygens (including phenoxy) is 1. The van der Waals surface area contributed by atoms with E-state index >= 15 is 0 Å². The van der Waals surface area contributed by atoms with Crippen molar-refractivity contribution in [3.63, 3.8) is 0 Å². The van der Waals surface area contributed by atoms with Gasteiger partial charge in [0.25, 0.3) is 18.2 Å². The first-order chi connectivity index (χ1) is 21.2. The first-order valence-electron chi connectivity index (χ1n) is 15.0. The average Bonchev–Trinajstić information content (AvgIpc) is 3.44. The molecule has 2 aromatic rings. The number of pyridine rings is 1. The molecule has 2 fully saturated rings. The second kappa shape index (κ2) is 13.6. The lowest BCUT2D eigenvalue weighted by molar-refractivity contribution is -0.120. The van der Waals surface area contributed by atoms with Crippen molar-refractivity contribution in [3.8, 4) is 0 Å². The van der Waals surface area contributed by atoms with E-state index in [9.17, 15) is 18.4 Å². The summed E-state index contributed by atoms with van der Waals surface area (Å²) in [5, 5.41) is 6.79. The third-order valence-electron chi connectivity index (χ3n) is 8.49. The zero-order valence-electron chi connectivity index (χ0n) is 25.2. The molecular weight excluding hydrogens is 590 g/mol. The molecular formula is C32H39ClF2N6O3. The molecule has 3 aliphatic heterocycles. The molecule has 0 aliphatic carbocycles. The maximum Gasteiger partial charge on any atom is 0.269 e. The van der Waals surface area contributed by atoms with Crippen molar-refractivity contribution in [2.45, 2.75) is 50.9 Å². The second-order valence-electron chi connectivity index (χ2n) is 11.4. The van der Waals surface area contributed by atoms with Gasteiger partial charge in [0.05, 0.1) is 5.70 Å². The maximum atomic E-state index is 14.0. The highest BCUT2D eigenvalue weighted by molar-refractivity contribution is 6.30. The fourth-order valence-corrected chi connectivity index (χ4v) is 6.41. The highest BCUT2D eigenvalue weighted by Crippen LogP contribution is 2.34. The Morgan fingerprint density at radius 3 is 2.68 bits per heavy atom. The van der Waals surface area contributed by atoms with Gasteiger partial charge in [-0.2, -0.15) is 0 Å². The molecule has 0 saturated carbocycles. The summed E-state index contributed by atoms with van der Waals surface area (Å²) in [5.74, 6) is -0.703. The standard InChI is InChI=1S/C32H39ClF2N6O3/c1-4-24-20-40(31(43)25-9-8-22(33)17-26(25)29(34)35)15-16-41(24)27-10-12-32(44-5-2,21-7-6-13-36-18-21)38-28(27)30(42)37-23-11-14-39(3)19-23/h6-10,12-13,17-18,23-24,29,38H,4-5,11,14-16,19-20H2,1-3H3,(H,37,42)/t23-,24-,32?/m1/s1. The zero-order valence-corrected chi connectivity index (χ0v) is 26.0. The lowest BCUT2D eigenvalue weighted by Gasteiger charge is -2.46. The molecule has 0 radical (unpaired) electrons. The van der Waals surface area contributed by atoms with E-state index in [-0.39, 0.29) is 34.1 Å².